The van der Waals surface area contributed by atoms with Crippen molar-refractivity contribution in [2.45, 2.75) is 63.4 Å². The molecule has 1 N–H and O–H groups in total. The number of esters is 1. The molecule has 2 aliphatic rings. The van der Waals surface area contributed by atoms with E-state index in [0.717, 1.165) is 19.3 Å². The molecule has 3 unspecified atom stereocenters. The van der Waals surface area contributed by atoms with E-state index in [2.05, 4.69) is 11.3 Å². The van der Waals surface area contributed by atoms with Crippen LogP contribution in [0, 0.1) is 17.8 Å². The number of hydrogen-bond acceptors (Lipinski definition) is 4. The Kier molecular flexibility index (Phi) is 7.72. The molecule has 28 heavy (non-hydrogen) atoms. The molecule has 0 aromatic carbocycles. The third-order valence-corrected chi connectivity index (χ3v) is 5.36. The van der Waals surface area contributed by atoms with Crippen molar-refractivity contribution >= 4 is 11.8 Å². The maximum atomic E-state index is 12.5. The SMILES string of the molecule is C=C(C)C(=O)OC.O=C(CCC(O)(C(F)(F)F)C(F)(F)F)C1CC2CCC1C2. The van der Waals surface area contributed by atoms with E-state index in [-0.39, 0.29) is 11.9 Å². The Morgan fingerprint density at radius 2 is 1.61 bits per heavy atom. The third kappa shape index (κ3) is 5.48. The molecule has 3 atom stereocenters. The highest BCUT2D eigenvalue weighted by molar-refractivity contribution is 5.86. The lowest BCUT2D eigenvalue weighted by Crippen LogP contribution is -2.57. The van der Waals surface area contributed by atoms with Gasteiger partial charge in [-0.2, -0.15) is 26.3 Å². The summed E-state index contributed by atoms with van der Waals surface area (Å²) < 4.78 is 79.3. The van der Waals surface area contributed by atoms with Crippen LogP contribution in [0.25, 0.3) is 0 Å². The summed E-state index contributed by atoms with van der Waals surface area (Å²) in [5.74, 6) is -0.913. The summed E-state index contributed by atoms with van der Waals surface area (Å²) in [5.41, 5.74) is -4.38. The molecule has 2 rings (SSSR count). The fourth-order valence-electron chi connectivity index (χ4n) is 3.75. The lowest BCUT2D eigenvalue weighted by atomic mass is 9.82. The van der Waals surface area contributed by atoms with Gasteiger partial charge in [-0.15, -0.1) is 0 Å². The molecule has 0 amide bonds. The van der Waals surface area contributed by atoms with Crippen molar-refractivity contribution in [2.24, 2.45) is 17.8 Å². The largest absolute Gasteiger partial charge is 0.466 e. The van der Waals surface area contributed by atoms with Crippen molar-refractivity contribution in [1.82, 2.24) is 0 Å². The number of aliphatic hydroxyl groups is 1. The van der Waals surface area contributed by atoms with Crippen LogP contribution < -0.4 is 0 Å². The van der Waals surface area contributed by atoms with Crippen LogP contribution in [0.5, 0.6) is 0 Å². The topological polar surface area (TPSA) is 63.6 Å². The minimum absolute atomic E-state index is 0.0902. The summed E-state index contributed by atoms with van der Waals surface area (Å²) in [4.78, 5) is 22.1. The van der Waals surface area contributed by atoms with Crippen LogP contribution in [0.3, 0.4) is 0 Å². The van der Waals surface area contributed by atoms with Crippen molar-refractivity contribution in [1.29, 1.82) is 0 Å². The number of halogens is 6. The Balaban J connectivity index is 0.000000480. The Bertz CT molecular complexity index is 582. The molecule has 0 heterocycles. The summed E-state index contributed by atoms with van der Waals surface area (Å²) in [6.45, 7) is 4.95. The Morgan fingerprint density at radius 3 is 1.89 bits per heavy atom. The summed E-state index contributed by atoms with van der Waals surface area (Å²) in [7, 11) is 1.33. The molecule has 0 aliphatic heterocycles. The highest BCUT2D eigenvalue weighted by Gasteiger charge is 2.69. The first-order valence-electron chi connectivity index (χ1n) is 8.76. The van der Waals surface area contributed by atoms with Crippen LogP contribution >= 0.6 is 0 Å². The van der Waals surface area contributed by atoms with Gasteiger partial charge in [0.1, 0.15) is 5.78 Å². The molecular formula is C18H24F6O4. The normalized spacial score (nSPS) is 24.4. The molecule has 162 valence electrons. The quantitative estimate of drug-likeness (QED) is 0.409. The van der Waals surface area contributed by atoms with Crippen molar-refractivity contribution < 1.29 is 45.8 Å². The van der Waals surface area contributed by atoms with E-state index in [1.54, 1.807) is 6.92 Å². The number of hydrogen-bond donors (Lipinski definition) is 1. The van der Waals surface area contributed by atoms with E-state index >= 15 is 0 Å². The number of fused-ring (bicyclic) bond motifs is 2. The maximum absolute atomic E-state index is 12.5. The number of rotatable bonds is 5. The van der Waals surface area contributed by atoms with E-state index in [9.17, 15) is 35.9 Å². The number of methoxy groups -OCH3 is 1. The van der Waals surface area contributed by atoms with Crippen LogP contribution in [-0.2, 0) is 14.3 Å². The minimum Gasteiger partial charge on any atom is -0.466 e. The molecule has 0 radical (unpaired) electrons. The first-order chi connectivity index (χ1) is 12.6. The molecule has 2 saturated carbocycles. The van der Waals surface area contributed by atoms with Crippen LogP contribution in [-0.4, -0.2) is 41.9 Å². The second kappa shape index (κ2) is 8.84. The zero-order chi connectivity index (χ0) is 21.9. The molecular weight excluding hydrogens is 394 g/mol. The minimum atomic E-state index is -5.85. The zero-order valence-electron chi connectivity index (χ0n) is 15.6. The third-order valence-electron chi connectivity index (χ3n) is 5.36. The summed E-state index contributed by atoms with van der Waals surface area (Å²) in [6.07, 6.45) is -11.1. The first-order valence-corrected chi connectivity index (χ1v) is 8.76. The number of alkyl halides is 6. The summed E-state index contributed by atoms with van der Waals surface area (Å²) in [6, 6.07) is 0. The van der Waals surface area contributed by atoms with Crippen LogP contribution in [0.4, 0.5) is 26.3 Å². The number of Topliss-reactive ketones (excluding diaryl/α,β-unsaturated/α-hetero) is 1. The van der Waals surface area contributed by atoms with Crippen LogP contribution in [0.1, 0.15) is 45.4 Å². The van der Waals surface area contributed by atoms with Gasteiger partial charge >= 0.3 is 18.3 Å². The molecule has 0 saturated heterocycles. The zero-order valence-corrected chi connectivity index (χ0v) is 15.6. The van der Waals surface area contributed by atoms with E-state index < -0.39 is 42.5 Å². The maximum Gasteiger partial charge on any atom is 0.426 e. The standard InChI is InChI=1S/C13H16F6O2.C5H8O2/c14-12(15,16)11(21,13(17,18)19)4-3-10(20)9-6-7-1-2-8(9)5-7;1-4(2)5(6)7-3/h7-9,21H,1-6H2;1H2,2-3H3. The monoisotopic (exact) mass is 418 g/mol. The summed E-state index contributed by atoms with van der Waals surface area (Å²) >= 11 is 0. The Labute approximate surface area is 158 Å². The number of carbonyl (C=O) groups is 2. The van der Waals surface area contributed by atoms with E-state index in [0.29, 0.717) is 17.9 Å². The van der Waals surface area contributed by atoms with Gasteiger partial charge in [0.15, 0.2) is 0 Å². The smallest absolute Gasteiger partial charge is 0.426 e. The lowest BCUT2D eigenvalue weighted by molar-refractivity contribution is -0.369. The Morgan fingerprint density at radius 1 is 1.07 bits per heavy atom. The predicted octanol–water partition coefficient (Wildman–Crippen LogP) is 4.36. The predicted molar refractivity (Wildman–Crippen MR) is 87.1 cm³/mol. The highest BCUT2D eigenvalue weighted by Crippen LogP contribution is 2.50. The molecule has 0 aromatic heterocycles. The van der Waals surface area contributed by atoms with Gasteiger partial charge in [0, 0.05) is 24.3 Å². The van der Waals surface area contributed by atoms with Gasteiger partial charge in [-0.3, -0.25) is 4.79 Å². The van der Waals surface area contributed by atoms with Gasteiger partial charge in [0.05, 0.1) is 7.11 Å². The summed E-state index contributed by atoms with van der Waals surface area (Å²) in [5, 5.41) is 9.01. The number of ketones is 1. The molecule has 0 aromatic rings. The van der Waals surface area contributed by atoms with Gasteiger partial charge in [0.25, 0.3) is 5.60 Å². The molecule has 0 spiro atoms. The van der Waals surface area contributed by atoms with E-state index in [1.807, 2.05) is 0 Å². The molecule has 2 fully saturated rings. The number of carbonyl (C=O) groups excluding carboxylic acids is 2. The molecule has 2 aliphatic carbocycles. The van der Waals surface area contributed by atoms with Crippen LogP contribution in [0.2, 0.25) is 0 Å². The second-order valence-corrected chi connectivity index (χ2v) is 7.38. The van der Waals surface area contributed by atoms with Gasteiger partial charge in [-0.1, -0.05) is 13.0 Å². The molecule has 2 bridgehead atoms. The van der Waals surface area contributed by atoms with Crippen molar-refractivity contribution in [3.63, 3.8) is 0 Å². The number of ether oxygens (including phenoxy) is 1. The lowest BCUT2D eigenvalue weighted by Gasteiger charge is -2.32. The first kappa shape index (κ1) is 24.5. The van der Waals surface area contributed by atoms with Crippen molar-refractivity contribution in [3.05, 3.63) is 12.2 Å². The average Bonchev–Trinajstić information content (AvgIpc) is 3.20. The van der Waals surface area contributed by atoms with E-state index in [1.165, 1.54) is 7.11 Å². The second-order valence-electron chi connectivity index (χ2n) is 7.38. The van der Waals surface area contributed by atoms with Crippen molar-refractivity contribution in [2.75, 3.05) is 7.11 Å². The van der Waals surface area contributed by atoms with Crippen LogP contribution in [0.15, 0.2) is 12.2 Å². The Hall–Kier alpha value is -1.58. The highest BCUT2D eigenvalue weighted by atomic mass is 19.4. The van der Waals surface area contributed by atoms with Gasteiger partial charge in [0.2, 0.25) is 0 Å². The van der Waals surface area contributed by atoms with Crippen molar-refractivity contribution in [3.8, 4) is 0 Å². The van der Waals surface area contributed by atoms with Gasteiger partial charge in [-0.05, 0) is 38.0 Å². The molecule has 10 heteroatoms. The fourth-order valence-corrected chi connectivity index (χ4v) is 3.75. The fraction of sp³-hybridized carbons (Fsp3) is 0.778. The van der Waals surface area contributed by atoms with Gasteiger partial charge < -0.3 is 9.84 Å². The van der Waals surface area contributed by atoms with Gasteiger partial charge in [-0.25, -0.2) is 4.79 Å². The molecule has 4 nitrogen and oxygen atoms in total. The van der Waals surface area contributed by atoms with E-state index in [4.69, 9.17) is 5.11 Å². The average molecular weight is 418 g/mol.